The van der Waals surface area contributed by atoms with E-state index in [-0.39, 0.29) is 12.3 Å². The average Bonchev–Trinajstić information content (AvgIpc) is 2.41. The summed E-state index contributed by atoms with van der Waals surface area (Å²) in [5.41, 5.74) is 0.426. The van der Waals surface area contributed by atoms with Crippen LogP contribution in [0.25, 0.3) is 0 Å². The third kappa shape index (κ3) is 2.78. The molecule has 1 heterocycles. The first-order valence-electron chi connectivity index (χ1n) is 5.76. The molecule has 7 heteroatoms. The Bertz CT molecular complexity index is 719. The Labute approximate surface area is 116 Å². The molecular formula is C13H13FN2O3S. The lowest BCUT2D eigenvalue weighted by Crippen LogP contribution is -2.28. The Hall–Kier alpha value is -1.99. The predicted octanol–water partition coefficient (Wildman–Crippen LogP) is 1.75. The maximum atomic E-state index is 13.5. The fraction of sp³-hybridized carbons (Fsp3) is 0.154. The second kappa shape index (κ2) is 5.56. The predicted molar refractivity (Wildman–Crippen MR) is 71.0 cm³/mol. The molecule has 0 aliphatic heterocycles. The van der Waals surface area contributed by atoms with Gasteiger partial charge in [-0.15, -0.1) is 0 Å². The van der Waals surface area contributed by atoms with Crippen LogP contribution in [0.1, 0.15) is 5.56 Å². The van der Waals surface area contributed by atoms with E-state index >= 15 is 0 Å². The Morgan fingerprint density at radius 1 is 1.25 bits per heavy atom. The van der Waals surface area contributed by atoms with Crippen LogP contribution in [0.4, 0.5) is 4.39 Å². The molecule has 0 radical (unpaired) electrons. The van der Waals surface area contributed by atoms with Crippen molar-refractivity contribution in [2.75, 3.05) is 7.05 Å². The van der Waals surface area contributed by atoms with Crippen LogP contribution in [-0.4, -0.2) is 29.9 Å². The highest BCUT2D eigenvalue weighted by Crippen LogP contribution is 2.21. The van der Waals surface area contributed by atoms with Crippen LogP contribution in [0.5, 0.6) is 5.75 Å². The van der Waals surface area contributed by atoms with Gasteiger partial charge in [-0.25, -0.2) is 17.8 Å². The summed E-state index contributed by atoms with van der Waals surface area (Å²) in [5, 5.41) is 9.01. The van der Waals surface area contributed by atoms with E-state index < -0.39 is 20.9 Å². The molecule has 0 bridgehead atoms. The second-order valence-corrected chi connectivity index (χ2v) is 6.14. The number of aromatic hydroxyl groups is 1. The summed E-state index contributed by atoms with van der Waals surface area (Å²) in [4.78, 5) is 3.57. The molecule has 0 fully saturated rings. The lowest BCUT2D eigenvalue weighted by molar-refractivity contribution is 0.431. The van der Waals surface area contributed by atoms with Crippen molar-refractivity contribution in [2.45, 2.75) is 11.6 Å². The molecule has 0 unspecified atom stereocenters. The van der Waals surface area contributed by atoms with Crippen LogP contribution in [0.15, 0.2) is 47.6 Å². The van der Waals surface area contributed by atoms with Crippen LogP contribution in [0.2, 0.25) is 0 Å². The van der Waals surface area contributed by atoms with Gasteiger partial charge in [0, 0.05) is 25.4 Å². The molecule has 0 saturated heterocycles. The zero-order valence-corrected chi connectivity index (χ0v) is 11.5. The molecule has 1 N–H and O–H groups in total. The highest BCUT2D eigenvalue weighted by molar-refractivity contribution is 7.89. The van der Waals surface area contributed by atoms with Crippen LogP contribution in [0.3, 0.4) is 0 Å². The third-order valence-electron chi connectivity index (χ3n) is 2.76. The van der Waals surface area contributed by atoms with Crippen molar-refractivity contribution < 1.29 is 17.9 Å². The molecule has 20 heavy (non-hydrogen) atoms. The number of sulfonamides is 1. The van der Waals surface area contributed by atoms with Crippen molar-refractivity contribution >= 4 is 10.0 Å². The van der Waals surface area contributed by atoms with Gasteiger partial charge in [0.1, 0.15) is 5.75 Å². The summed E-state index contributed by atoms with van der Waals surface area (Å²) in [6.07, 6.45) is 1.21. The Kier molecular flexibility index (Phi) is 4.01. The van der Waals surface area contributed by atoms with Crippen molar-refractivity contribution in [3.8, 4) is 5.75 Å². The zero-order chi connectivity index (χ0) is 14.8. The minimum atomic E-state index is -4.05. The number of phenolic OH excluding ortho intramolecular Hbond substituents is 1. The SMILES string of the molecule is CN(Cc1ccccc1O)S(=O)(=O)c1ncccc1F. The monoisotopic (exact) mass is 296 g/mol. The van der Waals surface area contributed by atoms with Gasteiger partial charge >= 0.3 is 0 Å². The topological polar surface area (TPSA) is 70.5 Å². The lowest BCUT2D eigenvalue weighted by atomic mass is 10.2. The Morgan fingerprint density at radius 3 is 2.60 bits per heavy atom. The Balaban J connectivity index is 2.31. The van der Waals surface area contributed by atoms with E-state index in [9.17, 15) is 17.9 Å². The van der Waals surface area contributed by atoms with Crippen molar-refractivity contribution in [3.63, 3.8) is 0 Å². The van der Waals surface area contributed by atoms with Crippen LogP contribution < -0.4 is 0 Å². The van der Waals surface area contributed by atoms with Crippen LogP contribution in [-0.2, 0) is 16.6 Å². The van der Waals surface area contributed by atoms with Crippen LogP contribution >= 0.6 is 0 Å². The number of pyridine rings is 1. The number of hydrogen-bond donors (Lipinski definition) is 1. The van der Waals surface area contributed by atoms with E-state index in [0.29, 0.717) is 5.56 Å². The average molecular weight is 296 g/mol. The third-order valence-corrected chi connectivity index (χ3v) is 4.50. The minimum absolute atomic E-state index is 0.0176. The van der Waals surface area contributed by atoms with Gasteiger partial charge in [-0.3, -0.25) is 0 Å². The summed E-state index contributed by atoms with van der Waals surface area (Å²) in [6.45, 7) is -0.0784. The fourth-order valence-corrected chi connectivity index (χ4v) is 2.79. The summed E-state index contributed by atoms with van der Waals surface area (Å²) >= 11 is 0. The largest absolute Gasteiger partial charge is 0.508 e. The van der Waals surface area contributed by atoms with E-state index in [1.54, 1.807) is 18.2 Å². The van der Waals surface area contributed by atoms with Gasteiger partial charge in [0.05, 0.1) is 0 Å². The molecule has 2 rings (SSSR count). The van der Waals surface area contributed by atoms with Crippen molar-refractivity contribution in [1.29, 1.82) is 0 Å². The molecule has 0 aliphatic carbocycles. The minimum Gasteiger partial charge on any atom is -0.508 e. The summed E-state index contributed by atoms with van der Waals surface area (Å²) in [6, 6.07) is 8.71. The molecule has 2 aromatic rings. The molecule has 0 atom stereocenters. The molecule has 0 aliphatic rings. The highest BCUT2D eigenvalue weighted by atomic mass is 32.2. The smallest absolute Gasteiger partial charge is 0.263 e. The summed E-state index contributed by atoms with van der Waals surface area (Å²) in [5.74, 6) is -0.923. The molecule has 5 nitrogen and oxygen atoms in total. The normalized spacial score (nSPS) is 11.8. The molecule has 106 valence electrons. The number of phenols is 1. The number of para-hydroxylation sites is 1. The first-order valence-corrected chi connectivity index (χ1v) is 7.20. The van der Waals surface area contributed by atoms with E-state index in [1.165, 1.54) is 25.4 Å². The number of aromatic nitrogens is 1. The standard InChI is InChI=1S/C13H13FN2O3S/c1-16(9-10-5-2-3-7-12(10)17)20(18,19)13-11(14)6-4-8-15-13/h2-8,17H,9H2,1H3. The number of halogens is 1. The number of hydrogen-bond acceptors (Lipinski definition) is 4. The first kappa shape index (κ1) is 14.4. The van der Waals surface area contributed by atoms with Gasteiger partial charge in [-0.1, -0.05) is 18.2 Å². The van der Waals surface area contributed by atoms with E-state index in [4.69, 9.17) is 0 Å². The van der Waals surface area contributed by atoms with E-state index in [1.807, 2.05) is 0 Å². The Morgan fingerprint density at radius 2 is 1.95 bits per heavy atom. The second-order valence-electron chi connectivity index (χ2n) is 4.18. The van der Waals surface area contributed by atoms with Gasteiger partial charge < -0.3 is 5.11 Å². The van der Waals surface area contributed by atoms with Crippen molar-refractivity contribution in [1.82, 2.24) is 9.29 Å². The summed E-state index contributed by atoms with van der Waals surface area (Å²) in [7, 11) is -2.75. The number of rotatable bonds is 4. The zero-order valence-electron chi connectivity index (χ0n) is 10.7. The van der Waals surface area contributed by atoms with E-state index in [0.717, 1.165) is 10.4 Å². The molecule has 1 aromatic heterocycles. The molecule has 0 amide bonds. The van der Waals surface area contributed by atoms with Gasteiger partial charge in [-0.2, -0.15) is 4.31 Å². The first-order chi connectivity index (χ1) is 9.43. The molecule has 0 saturated carbocycles. The van der Waals surface area contributed by atoms with Gasteiger partial charge in [-0.05, 0) is 18.2 Å². The van der Waals surface area contributed by atoms with Crippen molar-refractivity contribution in [2.24, 2.45) is 0 Å². The van der Waals surface area contributed by atoms with Gasteiger partial charge in [0.25, 0.3) is 10.0 Å². The molecule has 0 spiro atoms. The fourth-order valence-electron chi connectivity index (χ4n) is 1.68. The maximum absolute atomic E-state index is 13.5. The molecular weight excluding hydrogens is 283 g/mol. The van der Waals surface area contributed by atoms with Crippen LogP contribution in [0, 0.1) is 5.82 Å². The van der Waals surface area contributed by atoms with Gasteiger partial charge in [0.2, 0.25) is 5.03 Å². The quantitative estimate of drug-likeness (QED) is 0.933. The van der Waals surface area contributed by atoms with Crippen molar-refractivity contribution in [3.05, 3.63) is 54.0 Å². The maximum Gasteiger partial charge on any atom is 0.263 e. The number of nitrogens with zero attached hydrogens (tertiary/aromatic N) is 2. The van der Waals surface area contributed by atoms with Gasteiger partial charge in [0.15, 0.2) is 5.82 Å². The summed E-state index contributed by atoms with van der Waals surface area (Å²) < 4.78 is 38.9. The molecule has 1 aromatic carbocycles. The number of benzene rings is 1. The van der Waals surface area contributed by atoms with E-state index in [2.05, 4.69) is 4.98 Å². The highest BCUT2D eigenvalue weighted by Gasteiger charge is 2.26. The lowest BCUT2D eigenvalue weighted by Gasteiger charge is -2.17.